The van der Waals surface area contributed by atoms with Crippen molar-refractivity contribution < 1.29 is 9.59 Å². The highest BCUT2D eigenvalue weighted by molar-refractivity contribution is 7.11. The van der Waals surface area contributed by atoms with Gasteiger partial charge < -0.3 is 4.90 Å². The number of anilines is 1. The van der Waals surface area contributed by atoms with E-state index in [0.717, 1.165) is 29.3 Å². The molecular weight excluding hydrogens is 362 g/mol. The number of thiazole rings is 1. The molecule has 0 saturated heterocycles. The van der Waals surface area contributed by atoms with E-state index in [1.54, 1.807) is 17.5 Å². The fraction of sp³-hybridized carbons (Fsp3) is 0.526. The van der Waals surface area contributed by atoms with Gasteiger partial charge >= 0.3 is 0 Å². The van der Waals surface area contributed by atoms with Crippen LogP contribution in [0.5, 0.6) is 0 Å². The minimum absolute atomic E-state index is 0.0834. The zero-order valence-electron chi connectivity index (χ0n) is 15.9. The second-order valence-corrected chi connectivity index (χ2v) is 8.26. The van der Waals surface area contributed by atoms with Gasteiger partial charge in [-0.05, 0) is 39.0 Å². The third-order valence-corrected chi connectivity index (χ3v) is 6.10. The third kappa shape index (κ3) is 3.58. The number of hydrogen-bond acceptors (Lipinski definition) is 6. The average Bonchev–Trinajstić information content (AvgIpc) is 3.35. The molecule has 1 fully saturated rings. The van der Waals surface area contributed by atoms with E-state index >= 15 is 0 Å². The first-order valence-electron chi connectivity index (χ1n) is 9.26. The molecule has 142 valence electrons. The number of aryl methyl sites for hydroxylation is 2. The van der Waals surface area contributed by atoms with Crippen molar-refractivity contribution in [1.82, 2.24) is 19.9 Å². The molecule has 0 N–H and O–H groups in total. The van der Waals surface area contributed by atoms with Crippen LogP contribution in [0.3, 0.4) is 0 Å². The largest absolute Gasteiger partial charge is 0.333 e. The standard InChI is InChI=1S/C19H23N5O2S/c1-11-14-6-7-16(25)24(8-13-4-5-13)18(14)22-15(21-11)9-23(3)19(26)17-12(2)20-10-27-17/h10,13H,4-9H2,1-3H3. The van der Waals surface area contributed by atoms with Gasteiger partial charge in [0, 0.05) is 31.3 Å². The number of aromatic nitrogens is 3. The minimum atomic E-state index is -0.0834. The molecule has 2 amide bonds. The van der Waals surface area contributed by atoms with Crippen LogP contribution in [0.2, 0.25) is 0 Å². The number of carbonyl (C=O) groups is 2. The lowest BCUT2D eigenvalue weighted by Crippen LogP contribution is -2.38. The molecule has 27 heavy (non-hydrogen) atoms. The molecule has 2 aliphatic rings. The van der Waals surface area contributed by atoms with Gasteiger partial charge in [0.1, 0.15) is 16.5 Å². The first-order chi connectivity index (χ1) is 12.9. The number of carbonyl (C=O) groups excluding carboxylic acids is 2. The lowest BCUT2D eigenvalue weighted by atomic mass is 10.0. The Hall–Kier alpha value is -2.35. The van der Waals surface area contributed by atoms with Gasteiger partial charge in [-0.3, -0.25) is 14.5 Å². The normalized spacial score (nSPS) is 16.4. The minimum Gasteiger partial charge on any atom is -0.333 e. The number of rotatable bonds is 5. The smallest absolute Gasteiger partial charge is 0.265 e. The summed E-state index contributed by atoms with van der Waals surface area (Å²) in [6, 6.07) is 0. The Morgan fingerprint density at radius 3 is 2.70 bits per heavy atom. The van der Waals surface area contributed by atoms with Gasteiger partial charge in [-0.2, -0.15) is 0 Å². The highest BCUT2D eigenvalue weighted by atomic mass is 32.1. The predicted molar refractivity (Wildman–Crippen MR) is 103 cm³/mol. The van der Waals surface area contributed by atoms with E-state index < -0.39 is 0 Å². The van der Waals surface area contributed by atoms with E-state index in [1.165, 1.54) is 24.2 Å². The summed E-state index contributed by atoms with van der Waals surface area (Å²) in [5.74, 6) is 1.97. The van der Waals surface area contributed by atoms with Gasteiger partial charge in [-0.1, -0.05) is 0 Å². The second-order valence-electron chi connectivity index (χ2n) is 7.40. The summed E-state index contributed by atoms with van der Waals surface area (Å²) in [7, 11) is 1.74. The maximum Gasteiger partial charge on any atom is 0.265 e. The van der Waals surface area contributed by atoms with Crippen LogP contribution in [-0.2, 0) is 17.8 Å². The topological polar surface area (TPSA) is 79.3 Å². The van der Waals surface area contributed by atoms with Crippen LogP contribution in [-0.4, -0.2) is 45.3 Å². The van der Waals surface area contributed by atoms with Crippen LogP contribution >= 0.6 is 11.3 Å². The molecule has 2 aromatic rings. The Bertz CT molecular complexity index is 906. The SMILES string of the molecule is Cc1ncsc1C(=O)N(C)Cc1nc(C)c2c(n1)N(CC1CC1)C(=O)CC2. The summed E-state index contributed by atoms with van der Waals surface area (Å²) in [6.07, 6.45) is 3.57. The molecule has 0 bridgehead atoms. The summed E-state index contributed by atoms with van der Waals surface area (Å²) >= 11 is 1.34. The highest BCUT2D eigenvalue weighted by Gasteiger charge is 2.33. The fourth-order valence-electron chi connectivity index (χ4n) is 3.42. The summed E-state index contributed by atoms with van der Waals surface area (Å²) in [4.78, 5) is 42.7. The van der Waals surface area contributed by atoms with E-state index in [9.17, 15) is 9.59 Å². The average molecular weight is 385 g/mol. The number of fused-ring (bicyclic) bond motifs is 1. The van der Waals surface area contributed by atoms with Crippen LogP contribution in [0, 0.1) is 19.8 Å². The van der Waals surface area contributed by atoms with Crippen LogP contribution in [0.25, 0.3) is 0 Å². The second kappa shape index (κ2) is 6.99. The molecule has 1 aliphatic carbocycles. The summed E-state index contributed by atoms with van der Waals surface area (Å²) < 4.78 is 0. The van der Waals surface area contributed by atoms with Crippen molar-refractivity contribution in [3.05, 3.63) is 33.2 Å². The zero-order valence-corrected chi connectivity index (χ0v) is 16.7. The molecule has 1 aliphatic heterocycles. The molecule has 8 heteroatoms. The van der Waals surface area contributed by atoms with E-state index in [0.29, 0.717) is 36.0 Å². The van der Waals surface area contributed by atoms with Crippen molar-refractivity contribution in [2.24, 2.45) is 5.92 Å². The summed E-state index contributed by atoms with van der Waals surface area (Å²) in [5, 5.41) is 0. The molecule has 0 unspecified atom stereocenters. The van der Waals surface area contributed by atoms with Crippen molar-refractivity contribution in [2.75, 3.05) is 18.5 Å². The van der Waals surface area contributed by atoms with Crippen molar-refractivity contribution in [3.8, 4) is 0 Å². The summed E-state index contributed by atoms with van der Waals surface area (Å²) in [5.41, 5.74) is 4.38. The van der Waals surface area contributed by atoms with Crippen LogP contribution in [0.4, 0.5) is 5.82 Å². The van der Waals surface area contributed by atoms with E-state index in [2.05, 4.69) is 9.97 Å². The van der Waals surface area contributed by atoms with Gasteiger partial charge in [0.25, 0.3) is 5.91 Å². The highest BCUT2D eigenvalue weighted by Crippen LogP contribution is 2.35. The molecule has 0 aromatic carbocycles. The van der Waals surface area contributed by atoms with Crippen molar-refractivity contribution in [2.45, 2.75) is 46.1 Å². The van der Waals surface area contributed by atoms with E-state index in [4.69, 9.17) is 4.98 Å². The Morgan fingerprint density at radius 1 is 1.26 bits per heavy atom. The number of amides is 2. The lowest BCUT2D eigenvalue weighted by Gasteiger charge is -2.29. The van der Waals surface area contributed by atoms with Crippen LogP contribution in [0.15, 0.2) is 5.51 Å². The number of hydrogen-bond donors (Lipinski definition) is 0. The molecule has 7 nitrogen and oxygen atoms in total. The molecule has 3 heterocycles. The van der Waals surface area contributed by atoms with E-state index in [-0.39, 0.29) is 11.8 Å². The summed E-state index contributed by atoms with van der Waals surface area (Å²) in [6.45, 7) is 4.84. The predicted octanol–water partition coefficient (Wildman–Crippen LogP) is 2.51. The maximum absolute atomic E-state index is 12.7. The van der Waals surface area contributed by atoms with Crippen molar-refractivity contribution >= 4 is 29.0 Å². The van der Waals surface area contributed by atoms with Crippen molar-refractivity contribution in [1.29, 1.82) is 0 Å². The lowest BCUT2D eigenvalue weighted by molar-refractivity contribution is -0.119. The first kappa shape index (κ1) is 18.0. The van der Waals surface area contributed by atoms with Crippen LogP contribution in [0.1, 0.15) is 51.7 Å². The quantitative estimate of drug-likeness (QED) is 0.790. The zero-order chi connectivity index (χ0) is 19.1. The fourth-order valence-corrected chi connectivity index (χ4v) is 4.22. The van der Waals surface area contributed by atoms with Crippen LogP contribution < -0.4 is 4.90 Å². The van der Waals surface area contributed by atoms with Gasteiger partial charge in [0.05, 0.1) is 17.7 Å². The van der Waals surface area contributed by atoms with Gasteiger partial charge in [0.15, 0.2) is 0 Å². The molecule has 2 aromatic heterocycles. The third-order valence-electron chi connectivity index (χ3n) is 5.19. The molecule has 0 radical (unpaired) electrons. The Kier molecular flexibility index (Phi) is 4.67. The molecular formula is C19H23N5O2S. The van der Waals surface area contributed by atoms with Gasteiger partial charge in [0.2, 0.25) is 5.91 Å². The first-order valence-corrected chi connectivity index (χ1v) is 10.1. The molecule has 0 atom stereocenters. The Balaban J connectivity index is 1.59. The van der Waals surface area contributed by atoms with Gasteiger partial charge in [-0.15, -0.1) is 11.3 Å². The van der Waals surface area contributed by atoms with Crippen molar-refractivity contribution in [3.63, 3.8) is 0 Å². The van der Waals surface area contributed by atoms with E-state index in [1.807, 2.05) is 18.7 Å². The Morgan fingerprint density at radius 2 is 2.04 bits per heavy atom. The maximum atomic E-state index is 12.7. The number of nitrogens with zero attached hydrogens (tertiary/aromatic N) is 5. The molecule has 1 saturated carbocycles. The molecule has 4 rings (SSSR count). The molecule has 0 spiro atoms. The Labute approximate surface area is 162 Å². The monoisotopic (exact) mass is 385 g/mol. The van der Waals surface area contributed by atoms with Gasteiger partial charge in [-0.25, -0.2) is 15.0 Å².